The molecule has 0 aliphatic rings. The molecule has 0 aliphatic carbocycles. The predicted octanol–water partition coefficient (Wildman–Crippen LogP) is 0.443. The molecule has 2 aromatic rings. The van der Waals surface area contributed by atoms with E-state index in [2.05, 4.69) is 5.10 Å². The van der Waals surface area contributed by atoms with Gasteiger partial charge in [0.1, 0.15) is 24.7 Å². The minimum Gasteiger partial charge on any atom is -0.462 e. The van der Waals surface area contributed by atoms with E-state index in [1.165, 1.54) is 10.7 Å². The van der Waals surface area contributed by atoms with E-state index in [-0.39, 0.29) is 18.7 Å². The van der Waals surface area contributed by atoms with Gasteiger partial charge < -0.3 is 14.4 Å². The molecular weight excluding hydrogens is 234 g/mol. The average Bonchev–Trinajstić information content (AvgIpc) is 2.79. The second kappa shape index (κ2) is 5.05. The van der Waals surface area contributed by atoms with Gasteiger partial charge in [-0.2, -0.15) is 5.10 Å². The molecule has 0 spiro atoms. The summed E-state index contributed by atoms with van der Waals surface area (Å²) in [5.74, 6) is 1.06. The molecule has 2 rings (SSSR count). The van der Waals surface area contributed by atoms with Crippen molar-refractivity contribution >= 4 is 5.69 Å². The van der Waals surface area contributed by atoms with Crippen LogP contribution in [0.3, 0.4) is 0 Å². The molecule has 1 N–H and O–H groups in total. The Bertz CT molecular complexity index is 586. The van der Waals surface area contributed by atoms with Gasteiger partial charge in [0.2, 0.25) is 0 Å². The molecule has 0 atom stereocenters. The molecule has 0 aliphatic heterocycles. The lowest BCUT2D eigenvalue weighted by Crippen LogP contribution is -2.24. The summed E-state index contributed by atoms with van der Waals surface area (Å²) in [5.41, 5.74) is 0.565. The highest BCUT2D eigenvalue weighted by molar-refractivity contribution is 5.40. The molecule has 0 amide bonds. The number of hydrogen-bond acceptors (Lipinski definition) is 5. The first-order valence-corrected chi connectivity index (χ1v) is 5.53. The zero-order valence-electron chi connectivity index (χ0n) is 10.3. The number of aliphatic hydroxyl groups excluding tert-OH is 1. The third-order valence-electron chi connectivity index (χ3n) is 2.55. The summed E-state index contributed by atoms with van der Waals surface area (Å²) in [5, 5.41) is 13.0. The lowest BCUT2D eigenvalue weighted by molar-refractivity contribution is 0.242. The quantitative estimate of drug-likeness (QED) is 0.851. The molecule has 18 heavy (non-hydrogen) atoms. The van der Waals surface area contributed by atoms with Crippen molar-refractivity contribution in [3.63, 3.8) is 0 Å². The van der Waals surface area contributed by atoms with Gasteiger partial charge in [0, 0.05) is 20.2 Å². The summed E-state index contributed by atoms with van der Waals surface area (Å²) in [4.78, 5) is 13.6. The van der Waals surface area contributed by atoms with Crippen LogP contribution in [0.5, 0.6) is 0 Å². The minimum absolute atomic E-state index is 0.151. The van der Waals surface area contributed by atoms with Crippen molar-refractivity contribution in [3.05, 3.63) is 46.3 Å². The summed E-state index contributed by atoms with van der Waals surface area (Å²) < 4.78 is 6.62. The summed E-state index contributed by atoms with van der Waals surface area (Å²) in [6, 6.07) is 4.91. The number of rotatable bonds is 4. The van der Waals surface area contributed by atoms with Crippen LogP contribution in [0.15, 0.2) is 33.6 Å². The number of aliphatic hydroxyl groups is 1. The van der Waals surface area contributed by atoms with Crippen LogP contribution in [0.25, 0.3) is 0 Å². The van der Waals surface area contributed by atoms with Crippen LogP contribution in [-0.4, -0.2) is 29.0 Å². The van der Waals surface area contributed by atoms with Gasteiger partial charge in [-0.25, -0.2) is 4.68 Å². The van der Waals surface area contributed by atoms with Crippen molar-refractivity contribution in [3.8, 4) is 0 Å². The highest BCUT2D eigenvalue weighted by Crippen LogP contribution is 2.09. The minimum atomic E-state index is -0.192. The molecule has 2 aromatic heterocycles. The fourth-order valence-electron chi connectivity index (χ4n) is 1.53. The second-order valence-electron chi connectivity index (χ2n) is 4.13. The molecule has 2 heterocycles. The normalized spacial score (nSPS) is 10.6. The molecular formula is C12H15N3O3. The van der Waals surface area contributed by atoms with Crippen LogP contribution < -0.4 is 10.5 Å². The van der Waals surface area contributed by atoms with Gasteiger partial charge in [-0.05, 0) is 12.1 Å². The van der Waals surface area contributed by atoms with Crippen molar-refractivity contribution in [1.29, 1.82) is 0 Å². The number of aromatic nitrogens is 2. The molecule has 0 fully saturated rings. The van der Waals surface area contributed by atoms with E-state index in [4.69, 9.17) is 9.52 Å². The first-order chi connectivity index (χ1) is 8.60. The molecule has 0 saturated heterocycles. The molecule has 0 saturated carbocycles. The molecule has 0 unspecified atom stereocenters. The Morgan fingerprint density at radius 1 is 1.39 bits per heavy atom. The first kappa shape index (κ1) is 12.4. The molecule has 0 bridgehead atoms. The maximum Gasteiger partial charge on any atom is 0.269 e. The van der Waals surface area contributed by atoms with Crippen molar-refractivity contribution in [2.24, 2.45) is 0 Å². The van der Waals surface area contributed by atoms with Crippen molar-refractivity contribution in [2.45, 2.75) is 13.2 Å². The predicted molar refractivity (Wildman–Crippen MR) is 66.6 cm³/mol. The van der Waals surface area contributed by atoms with Crippen LogP contribution in [0.2, 0.25) is 0 Å². The van der Waals surface area contributed by atoms with Gasteiger partial charge in [-0.3, -0.25) is 4.79 Å². The van der Waals surface area contributed by atoms with Gasteiger partial charge in [0.05, 0.1) is 11.9 Å². The lowest BCUT2D eigenvalue weighted by Gasteiger charge is -2.11. The summed E-state index contributed by atoms with van der Waals surface area (Å²) in [6.45, 7) is 0.106. The number of nitrogens with zero attached hydrogens (tertiary/aromatic N) is 3. The van der Waals surface area contributed by atoms with E-state index in [9.17, 15) is 4.79 Å². The van der Waals surface area contributed by atoms with Crippen LogP contribution in [0.4, 0.5) is 5.69 Å². The molecule has 0 aromatic carbocycles. The van der Waals surface area contributed by atoms with Crippen molar-refractivity contribution in [2.75, 3.05) is 19.0 Å². The van der Waals surface area contributed by atoms with Crippen LogP contribution in [-0.2, 0) is 13.2 Å². The Kier molecular flexibility index (Phi) is 3.47. The van der Waals surface area contributed by atoms with Gasteiger partial charge in [-0.1, -0.05) is 0 Å². The fourth-order valence-corrected chi connectivity index (χ4v) is 1.53. The number of anilines is 1. The molecule has 6 nitrogen and oxygen atoms in total. The van der Waals surface area contributed by atoms with Gasteiger partial charge in [-0.15, -0.1) is 0 Å². The third-order valence-corrected chi connectivity index (χ3v) is 2.55. The Labute approximate surface area is 104 Å². The summed E-state index contributed by atoms with van der Waals surface area (Å²) >= 11 is 0. The molecule has 6 heteroatoms. The number of furan rings is 1. The smallest absolute Gasteiger partial charge is 0.269 e. The summed E-state index contributed by atoms with van der Waals surface area (Å²) in [7, 11) is 3.70. The Morgan fingerprint density at radius 3 is 2.67 bits per heavy atom. The zero-order chi connectivity index (χ0) is 13.1. The third kappa shape index (κ3) is 2.60. The average molecular weight is 249 g/mol. The van der Waals surface area contributed by atoms with Gasteiger partial charge in [0.25, 0.3) is 5.56 Å². The molecule has 96 valence electrons. The first-order valence-electron chi connectivity index (χ1n) is 5.53. The zero-order valence-corrected chi connectivity index (χ0v) is 10.3. The molecule has 0 radical (unpaired) electrons. The van der Waals surface area contributed by atoms with Crippen molar-refractivity contribution < 1.29 is 9.52 Å². The Morgan fingerprint density at radius 2 is 2.11 bits per heavy atom. The maximum atomic E-state index is 11.8. The summed E-state index contributed by atoms with van der Waals surface area (Å²) in [6.07, 6.45) is 1.62. The van der Waals surface area contributed by atoms with E-state index in [0.717, 1.165) is 5.69 Å². The maximum absolute atomic E-state index is 11.8. The number of hydrogen-bond donors (Lipinski definition) is 1. The topological polar surface area (TPSA) is 71.5 Å². The van der Waals surface area contributed by atoms with E-state index in [1.54, 1.807) is 18.3 Å². The largest absolute Gasteiger partial charge is 0.462 e. The highest BCUT2D eigenvalue weighted by atomic mass is 16.4. The van der Waals surface area contributed by atoms with E-state index in [0.29, 0.717) is 11.5 Å². The Hall–Kier alpha value is -2.08. The standard InChI is InChI=1S/C12H15N3O3/c1-14(2)9-5-12(17)15(13-6-9)7-10-3-4-11(8-16)18-10/h3-6,16H,7-8H2,1-2H3. The highest BCUT2D eigenvalue weighted by Gasteiger charge is 2.06. The fraction of sp³-hybridized carbons (Fsp3) is 0.333. The van der Waals surface area contributed by atoms with E-state index < -0.39 is 0 Å². The van der Waals surface area contributed by atoms with E-state index in [1.807, 2.05) is 19.0 Å². The van der Waals surface area contributed by atoms with Crippen LogP contribution in [0.1, 0.15) is 11.5 Å². The lowest BCUT2D eigenvalue weighted by atomic mass is 10.4. The van der Waals surface area contributed by atoms with Gasteiger partial charge >= 0.3 is 0 Å². The SMILES string of the molecule is CN(C)c1cnn(Cc2ccc(CO)o2)c(=O)c1. The van der Waals surface area contributed by atoms with Gasteiger partial charge in [0.15, 0.2) is 0 Å². The van der Waals surface area contributed by atoms with Crippen LogP contribution in [0, 0.1) is 0 Å². The Balaban J connectivity index is 2.22. The second-order valence-corrected chi connectivity index (χ2v) is 4.13. The van der Waals surface area contributed by atoms with E-state index >= 15 is 0 Å². The monoisotopic (exact) mass is 249 g/mol. The van der Waals surface area contributed by atoms with Crippen LogP contribution >= 0.6 is 0 Å². The van der Waals surface area contributed by atoms with Crippen molar-refractivity contribution in [1.82, 2.24) is 9.78 Å².